The molecule has 1 saturated heterocycles. The zero-order chi connectivity index (χ0) is 30.6. The normalized spacial score (nSPS) is 14.6. The van der Waals surface area contributed by atoms with Gasteiger partial charge in [0, 0.05) is 35.3 Å². The molecule has 44 heavy (non-hydrogen) atoms. The number of hydrogen-bond acceptors (Lipinski definition) is 5. The number of likely N-dealkylation sites (tertiary alicyclic amines) is 1. The second-order valence-corrected chi connectivity index (χ2v) is 11.3. The fraction of sp³-hybridized carbons (Fsp3) is 0.242. The number of nitrogens with zero attached hydrogens (tertiary/aromatic N) is 6. The van der Waals surface area contributed by atoms with E-state index in [1.165, 1.54) is 15.9 Å². The molecule has 0 N–H and O–H groups in total. The maximum atomic E-state index is 13.8. The number of carbonyl (C=O) groups is 1. The standard InChI is InChI=1S/C33H29ClF2N6O2/c34-27-10-12-30(41-21-37-38-39-41)29(19-27)26-9-11-31(42(44)20-26)28(17-22-5-2-1-3-6-22)25-8-4-7-24(18-25)23-13-15-40(16-14-23)33(43)32(35)36/h1-12,18-21,23,28,32H,13-17H2. The Morgan fingerprint density at radius 3 is 2.50 bits per heavy atom. The summed E-state index contributed by atoms with van der Waals surface area (Å²) in [4.78, 5) is 13.0. The maximum absolute atomic E-state index is 13.8. The Kier molecular flexibility index (Phi) is 8.60. The molecule has 1 amide bonds. The van der Waals surface area contributed by atoms with E-state index in [4.69, 9.17) is 11.6 Å². The van der Waals surface area contributed by atoms with Gasteiger partial charge in [-0.3, -0.25) is 4.79 Å². The van der Waals surface area contributed by atoms with Crippen molar-refractivity contribution >= 4 is 17.5 Å². The minimum Gasteiger partial charge on any atom is -0.618 e. The monoisotopic (exact) mass is 614 g/mol. The van der Waals surface area contributed by atoms with Gasteiger partial charge in [-0.05, 0) is 76.6 Å². The van der Waals surface area contributed by atoms with Gasteiger partial charge >= 0.3 is 6.43 Å². The van der Waals surface area contributed by atoms with E-state index >= 15 is 0 Å². The van der Waals surface area contributed by atoms with E-state index in [1.54, 1.807) is 24.4 Å². The molecule has 3 heterocycles. The highest BCUT2D eigenvalue weighted by Gasteiger charge is 2.30. The molecule has 224 valence electrons. The molecular formula is C33H29ClF2N6O2. The first-order chi connectivity index (χ1) is 21.4. The fourth-order valence-electron chi connectivity index (χ4n) is 5.98. The highest BCUT2D eigenvalue weighted by Crippen LogP contribution is 2.34. The molecule has 0 bridgehead atoms. The van der Waals surface area contributed by atoms with E-state index in [2.05, 4.69) is 21.6 Å². The van der Waals surface area contributed by atoms with Crippen LogP contribution in [0.5, 0.6) is 0 Å². The van der Waals surface area contributed by atoms with E-state index in [0.717, 1.165) is 21.4 Å². The molecule has 0 spiro atoms. The number of pyridine rings is 1. The van der Waals surface area contributed by atoms with Crippen molar-refractivity contribution in [1.29, 1.82) is 0 Å². The van der Waals surface area contributed by atoms with E-state index < -0.39 is 12.3 Å². The van der Waals surface area contributed by atoms with Gasteiger partial charge in [-0.2, -0.15) is 18.2 Å². The molecule has 1 aliphatic heterocycles. The third-order valence-corrected chi connectivity index (χ3v) is 8.46. The number of alkyl halides is 2. The summed E-state index contributed by atoms with van der Waals surface area (Å²) in [7, 11) is 0. The van der Waals surface area contributed by atoms with Gasteiger partial charge in [-0.1, -0.05) is 66.2 Å². The number of tetrazole rings is 1. The predicted octanol–water partition coefficient (Wildman–Crippen LogP) is 5.96. The Balaban J connectivity index is 1.33. The number of amides is 1. The SMILES string of the molecule is O=C(C(F)F)N1CCC(c2cccc(C(Cc3ccccc3)c3ccc(-c4cc(Cl)ccc4-n4cnnn4)c[n+]3[O-])c2)CC1. The van der Waals surface area contributed by atoms with Crippen molar-refractivity contribution in [2.75, 3.05) is 13.1 Å². The van der Waals surface area contributed by atoms with Crippen LogP contribution < -0.4 is 4.73 Å². The van der Waals surface area contributed by atoms with Crippen molar-refractivity contribution in [1.82, 2.24) is 25.1 Å². The van der Waals surface area contributed by atoms with E-state index in [0.29, 0.717) is 59.9 Å². The van der Waals surface area contributed by atoms with Crippen LogP contribution in [0.25, 0.3) is 16.8 Å². The molecule has 0 aliphatic carbocycles. The second kappa shape index (κ2) is 12.9. The summed E-state index contributed by atoms with van der Waals surface area (Å²) in [5, 5.41) is 25.8. The fourth-order valence-corrected chi connectivity index (χ4v) is 6.15. The van der Waals surface area contributed by atoms with Crippen molar-refractivity contribution in [3.63, 3.8) is 0 Å². The molecular weight excluding hydrogens is 586 g/mol. The Bertz CT molecular complexity index is 1750. The highest BCUT2D eigenvalue weighted by atomic mass is 35.5. The van der Waals surface area contributed by atoms with Crippen LogP contribution in [-0.2, 0) is 11.2 Å². The van der Waals surface area contributed by atoms with Gasteiger partial charge in [0.1, 0.15) is 6.33 Å². The van der Waals surface area contributed by atoms with Crippen LogP contribution in [0, 0.1) is 5.21 Å². The maximum Gasteiger partial charge on any atom is 0.315 e. The van der Waals surface area contributed by atoms with Gasteiger partial charge < -0.3 is 10.1 Å². The first-order valence-corrected chi connectivity index (χ1v) is 14.7. The summed E-state index contributed by atoms with van der Waals surface area (Å²) < 4.78 is 28.3. The molecule has 8 nitrogen and oxygen atoms in total. The lowest BCUT2D eigenvalue weighted by molar-refractivity contribution is -0.614. The number of hydrogen-bond donors (Lipinski definition) is 0. The first kappa shape index (κ1) is 29.4. The van der Waals surface area contributed by atoms with Crippen LogP contribution in [0.4, 0.5) is 8.78 Å². The molecule has 0 saturated carbocycles. The van der Waals surface area contributed by atoms with Crippen LogP contribution >= 0.6 is 11.6 Å². The van der Waals surface area contributed by atoms with Gasteiger partial charge in [0.2, 0.25) is 5.69 Å². The summed E-state index contributed by atoms with van der Waals surface area (Å²) in [6.45, 7) is 0.591. The molecule has 5 aromatic rings. The Hall–Kier alpha value is -4.70. The van der Waals surface area contributed by atoms with Crippen LogP contribution in [-0.4, -0.2) is 50.5 Å². The van der Waals surface area contributed by atoms with Gasteiger partial charge in [-0.15, -0.1) is 5.10 Å². The van der Waals surface area contributed by atoms with Gasteiger partial charge in [-0.25, -0.2) is 0 Å². The Morgan fingerprint density at radius 1 is 1.00 bits per heavy atom. The molecule has 0 radical (unpaired) electrons. The topological polar surface area (TPSA) is 90.9 Å². The Morgan fingerprint density at radius 2 is 1.80 bits per heavy atom. The van der Waals surface area contributed by atoms with Crippen LogP contribution in [0.15, 0.2) is 97.5 Å². The number of aromatic nitrogens is 5. The highest BCUT2D eigenvalue weighted by molar-refractivity contribution is 6.31. The van der Waals surface area contributed by atoms with Gasteiger partial charge in [0.05, 0.1) is 11.6 Å². The van der Waals surface area contributed by atoms with Crippen LogP contribution in [0.3, 0.4) is 0 Å². The number of carbonyl (C=O) groups excluding carboxylic acids is 1. The molecule has 3 aromatic carbocycles. The zero-order valence-corrected chi connectivity index (χ0v) is 24.4. The molecule has 1 atom stereocenters. The van der Waals surface area contributed by atoms with Crippen molar-refractivity contribution in [2.24, 2.45) is 0 Å². The third kappa shape index (κ3) is 6.30. The lowest BCUT2D eigenvalue weighted by Crippen LogP contribution is -2.41. The second-order valence-electron chi connectivity index (χ2n) is 10.9. The summed E-state index contributed by atoms with van der Waals surface area (Å²) >= 11 is 6.34. The minimum atomic E-state index is -2.98. The van der Waals surface area contributed by atoms with Gasteiger partial charge in [0.15, 0.2) is 6.20 Å². The lowest BCUT2D eigenvalue weighted by atomic mass is 9.84. The minimum absolute atomic E-state index is 0.128. The summed E-state index contributed by atoms with van der Waals surface area (Å²) in [6, 6.07) is 27.2. The molecule has 1 unspecified atom stereocenters. The van der Waals surface area contributed by atoms with Crippen LogP contribution in [0.2, 0.25) is 5.02 Å². The van der Waals surface area contributed by atoms with E-state index in [-0.39, 0.29) is 11.8 Å². The summed E-state index contributed by atoms with van der Waals surface area (Å²) in [6.07, 6.45) is 1.85. The molecule has 11 heteroatoms. The quantitative estimate of drug-likeness (QED) is 0.159. The molecule has 2 aromatic heterocycles. The van der Waals surface area contributed by atoms with Crippen molar-refractivity contribution < 1.29 is 18.3 Å². The zero-order valence-electron chi connectivity index (χ0n) is 23.6. The summed E-state index contributed by atoms with van der Waals surface area (Å²) in [5.41, 5.74) is 5.77. The van der Waals surface area contributed by atoms with Crippen LogP contribution in [0.1, 0.15) is 47.1 Å². The molecule has 1 aliphatic rings. The lowest BCUT2D eigenvalue weighted by Gasteiger charge is -2.32. The van der Waals surface area contributed by atoms with E-state index in [9.17, 15) is 18.8 Å². The number of rotatable bonds is 8. The molecule has 1 fully saturated rings. The number of benzene rings is 3. The Labute approximate surface area is 258 Å². The third-order valence-electron chi connectivity index (χ3n) is 8.23. The smallest absolute Gasteiger partial charge is 0.315 e. The average Bonchev–Trinajstić information content (AvgIpc) is 3.59. The van der Waals surface area contributed by atoms with Crippen molar-refractivity contribution in [3.8, 4) is 16.8 Å². The average molecular weight is 615 g/mol. The predicted molar refractivity (Wildman–Crippen MR) is 162 cm³/mol. The van der Waals surface area contributed by atoms with Gasteiger partial charge in [0.25, 0.3) is 5.91 Å². The van der Waals surface area contributed by atoms with Crippen molar-refractivity contribution in [2.45, 2.75) is 37.5 Å². The first-order valence-electron chi connectivity index (χ1n) is 14.3. The number of halogens is 3. The molecule has 6 rings (SSSR count). The largest absolute Gasteiger partial charge is 0.618 e. The number of piperidine rings is 1. The van der Waals surface area contributed by atoms with Crippen molar-refractivity contribution in [3.05, 3.63) is 130 Å². The van der Waals surface area contributed by atoms with E-state index in [1.807, 2.05) is 60.7 Å². The summed E-state index contributed by atoms with van der Waals surface area (Å²) in [5.74, 6) is -1.24.